The normalized spacial score (nSPS) is 16.0. The summed E-state index contributed by atoms with van der Waals surface area (Å²) in [5.74, 6) is 0.268. The predicted molar refractivity (Wildman–Crippen MR) is 61.8 cm³/mol. The molecule has 0 radical (unpaired) electrons. The van der Waals surface area contributed by atoms with Crippen molar-refractivity contribution in [3.63, 3.8) is 0 Å². The van der Waals surface area contributed by atoms with Gasteiger partial charge in [0.25, 0.3) is 0 Å². The Morgan fingerprint density at radius 1 is 1.36 bits per heavy atom. The molecule has 0 aliphatic heterocycles. The number of nitrogens with one attached hydrogen (secondary N) is 1. The van der Waals surface area contributed by atoms with Crippen LogP contribution in [0.1, 0.15) is 27.7 Å². The highest BCUT2D eigenvalue weighted by Gasteiger charge is 2.27. The lowest BCUT2D eigenvalue weighted by Gasteiger charge is -2.25. The zero-order valence-corrected chi connectivity index (χ0v) is 10.2. The molecule has 3 nitrogen and oxygen atoms in total. The van der Waals surface area contributed by atoms with Gasteiger partial charge in [-0.1, -0.05) is 27.7 Å². The molecule has 0 aromatic heterocycles. The maximum atomic E-state index is 11.7. The summed E-state index contributed by atoms with van der Waals surface area (Å²) in [4.78, 5) is 11.7. The molecule has 0 bridgehead atoms. The summed E-state index contributed by atoms with van der Waals surface area (Å²) in [7, 11) is 0. The quantitative estimate of drug-likeness (QED) is 0.581. The average Bonchev–Trinajstić information content (AvgIpc) is 2.11. The Hall–Kier alpha value is -0.0600. The lowest BCUT2D eigenvalue weighted by molar-refractivity contribution is -0.126. The van der Waals surface area contributed by atoms with Gasteiger partial charge in [0.15, 0.2) is 5.78 Å². The number of ketones is 1. The molecule has 0 amide bonds. The summed E-state index contributed by atoms with van der Waals surface area (Å²) in [5.41, 5.74) is 0. The molecule has 0 fully saturated rings. The summed E-state index contributed by atoms with van der Waals surface area (Å²) in [6, 6.07) is -0.315. The molecule has 0 spiro atoms. The summed E-state index contributed by atoms with van der Waals surface area (Å²) >= 11 is 4.00. The summed E-state index contributed by atoms with van der Waals surface area (Å²) in [5, 5.41) is 12.7. The number of carbonyl (C=O) groups is 1. The molecule has 84 valence electrons. The van der Waals surface area contributed by atoms with Gasteiger partial charge in [-0.3, -0.25) is 4.79 Å². The summed E-state index contributed by atoms with van der Waals surface area (Å²) in [6.07, 6.45) is -0.712. The topological polar surface area (TPSA) is 49.3 Å². The van der Waals surface area contributed by atoms with Gasteiger partial charge in [-0.2, -0.15) is 12.6 Å². The van der Waals surface area contributed by atoms with Crippen LogP contribution in [0.25, 0.3) is 0 Å². The minimum Gasteiger partial charge on any atom is -0.390 e. The molecule has 0 heterocycles. The van der Waals surface area contributed by atoms with Crippen molar-refractivity contribution in [1.82, 2.24) is 5.32 Å². The third-order valence-corrected chi connectivity index (χ3v) is 2.33. The van der Waals surface area contributed by atoms with E-state index in [1.807, 2.05) is 27.7 Å². The van der Waals surface area contributed by atoms with Crippen molar-refractivity contribution in [1.29, 1.82) is 0 Å². The smallest absolute Gasteiger partial charge is 0.154 e. The third-order valence-electron chi connectivity index (χ3n) is 1.96. The lowest BCUT2D eigenvalue weighted by Crippen LogP contribution is -2.51. The van der Waals surface area contributed by atoms with E-state index in [9.17, 15) is 9.90 Å². The molecule has 0 rings (SSSR count). The second-order valence-corrected chi connectivity index (χ2v) is 4.47. The standard InChI is InChI=1S/C10H21NO2S/c1-6(2)10(13)9(8(12)5-14)11-7(3)4/h6-9,11-12,14H,5H2,1-4H3. The maximum Gasteiger partial charge on any atom is 0.154 e. The van der Waals surface area contributed by atoms with Crippen LogP contribution in [-0.4, -0.2) is 34.8 Å². The molecule has 2 N–H and O–H groups in total. The van der Waals surface area contributed by atoms with Crippen molar-refractivity contribution in [2.24, 2.45) is 5.92 Å². The Kier molecular flexibility index (Phi) is 6.40. The van der Waals surface area contributed by atoms with Crippen LogP contribution in [0.2, 0.25) is 0 Å². The van der Waals surface area contributed by atoms with Gasteiger partial charge >= 0.3 is 0 Å². The van der Waals surface area contributed by atoms with Crippen molar-refractivity contribution >= 4 is 18.4 Å². The number of rotatable bonds is 6. The molecule has 0 aromatic carbocycles. The predicted octanol–water partition coefficient (Wildman–Crippen LogP) is 0.869. The van der Waals surface area contributed by atoms with Crippen molar-refractivity contribution in [3.05, 3.63) is 0 Å². The maximum absolute atomic E-state index is 11.7. The number of hydrogen-bond acceptors (Lipinski definition) is 4. The van der Waals surface area contributed by atoms with E-state index < -0.39 is 12.1 Å². The van der Waals surface area contributed by atoms with E-state index in [1.54, 1.807) is 0 Å². The van der Waals surface area contributed by atoms with Crippen molar-refractivity contribution in [2.45, 2.75) is 45.9 Å². The van der Waals surface area contributed by atoms with Crippen LogP contribution in [0, 0.1) is 5.92 Å². The number of carbonyl (C=O) groups excluding carboxylic acids is 1. The molecule has 0 aliphatic carbocycles. The van der Waals surface area contributed by atoms with E-state index in [1.165, 1.54) is 0 Å². The minimum atomic E-state index is -0.712. The lowest BCUT2D eigenvalue weighted by atomic mass is 9.97. The minimum absolute atomic E-state index is 0.0419. The van der Waals surface area contributed by atoms with Crippen LogP contribution in [0.4, 0.5) is 0 Å². The fourth-order valence-corrected chi connectivity index (χ4v) is 1.42. The van der Waals surface area contributed by atoms with Crippen molar-refractivity contribution in [2.75, 3.05) is 5.75 Å². The molecule has 14 heavy (non-hydrogen) atoms. The van der Waals surface area contributed by atoms with Gasteiger partial charge in [-0.25, -0.2) is 0 Å². The summed E-state index contributed by atoms with van der Waals surface area (Å²) < 4.78 is 0. The average molecular weight is 219 g/mol. The zero-order valence-electron chi connectivity index (χ0n) is 9.32. The van der Waals surface area contributed by atoms with Gasteiger partial charge in [-0.05, 0) is 0 Å². The first-order chi connectivity index (χ1) is 6.40. The van der Waals surface area contributed by atoms with E-state index in [4.69, 9.17) is 0 Å². The highest BCUT2D eigenvalue weighted by molar-refractivity contribution is 7.80. The molecule has 2 unspecified atom stereocenters. The van der Waals surface area contributed by atoms with Crippen LogP contribution in [0.5, 0.6) is 0 Å². The second kappa shape index (κ2) is 6.43. The first-order valence-electron chi connectivity index (χ1n) is 4.98. The van der Waals surface area contributed by atoms with Gasteiger partial charge in [0.05, 0.1) is 12.1 Å². The molecule has 0 aromatic rings. The van der Waals surface area contributed by atoms with Gasteiger partial charge in [0, 0.05) is 17.7 Å². The molecule has 0 aliphatic rings. The van der Waals surface area contributed by atoms with Crippen molar-refractivity contribution < 1.29 is 9.90 Å². The second-order valence-electron chi connectivity index (χ2n) is 4.11. The fourth-order valence-electron chi connectivity index (χ4n) is 1.21. The Labute approximate surface area is 91.7 Å². The molecular formula is C10H21NO2S. The number of aliphatic hydroxyl groups is 1. The van der Waals surface area contributed by atoms with Gasteiger partial charge in [0.1, 0.15) is 0 Å². The molecular weight excluding hydrogens is 198 g/mol. The number of thiol groups is 1. The number of hydrogen-bond donors (Lipinski definition) is 3. The van der Waals surface area contributed by atoms with Crippen molar-refractivity contribution in [3.8, 4) is 0 Å². The molecule has 0 saturated carbocycles. The highest BCUT2D eigenvalue weighted by Crippen LogP contribution is 2.06. The first-order valence-corrected chi connectivity index (χ1v) is 5.62. The van der Waals surface area contributed by atoms with E-state index in [-0.39, 0.29) is 17.7 Å². The van der Waals surface area contributed by atoms with Crippen LogP contribution in [-0.2, 0) is 4.79 Å². The SMILES string of the molecule is CC(C)NC(C(=O)C(C)C)C(O)CS. The van der Waals surface area contributed by atoms with Gasteiger partial charge < -0.3 is 10.4 Å². The third kappa shape index (κ3) is 4.44. The van der Waals surface area contributed by atoms with Crippen LogP contribution in [0.3, 0.4) is 0 Å². The molecule has 4 heteroatoms. The number of aliphatic hydroxyl groups excluding tert-OH is 1. The van der Waals surface area contributed by atoms with E-state index in [0.717, 1.165) is 0 Å². The fraction of sp³-hybridized carbons (Fsp3) is 0.900. The monoisotopic (exact) mass is 219 g/mol. The number of Topliss-reactive ketones (excluding diaryl/α,β-unsaturated/α-hetero) is 1. The zero-order chi connectivity index (χ0) is 11.3. The van der Waals surface area contributed by atoms with Crippen LogP contribution < -0.4 is 5.32 Å². The van der Waals surface area contributed by atoms with E-state index in [0.29, 0.717) is 5.75 Å². The molecule has 2 atom stereocenters. The Balaban J connectivity index is 4.46. The largest absolute Gasteiger partial charge is 0.390 e. The van der Waals surface area contributed by atoms with E-state index in [2.05, 4.69) is 17.9 Å². The first kappa shape index (κ1) is 13.9. The Bertz CT molecular complexity index is 183. The summed E-state index contributed by atoms with van der Waals surface area (Å²) in [6.45, 7) is 7.57. The molecule has 0 saturated heterocycles. The van der Waals surface area contributed by atoms with E-state index >= 15 is 0 Å². The highest BCUT2D eigenvalue weighted by atomic mass is 32.1. The Morgan fingerprint density at radius 3 is 2.14 bits per heavy atom. The van der Waals surface area contributed by atoms with Gasteiger partial charge in [0.2, 0.25) is 0 Å². The van der Waals surface area contributed by atoms with Gasteiger partial charge in [-0.15, -0.1) is 0 Å². The van der Waals surface area contributed by atoms with Crippen LogP contribution in [0.15, 0.2) is 0 Å². The van der Waals surface area contributed by atoms with Crippen LogP contribution >= 0.6 is 12.6 Å². The Morgan fingerprint density at radius 2 is 1.86 bits per heavy atom.